The Morgan fingerprint density at radius 1 is 1.22 bits per heavy atom. The lowest BCUT2D eigenvalue weighted by molar-refractivity contribution is -0.384. The molecule has 170 valence electrons. The average molecular weight is 450 g/mol. The van der Waals surface area contributed by atoms with Crippen LogP contribution in [0.5, 0.6) is 0 Å². The third kappa shape index (κ3) is 4.69. The number of nitrogens with one attached hydrogen (secondary N) is 1. The molecule has 1 aromatic carbocycles. The van der Waals surface area contributed by atoms with Crippen molar-refractivity contribution in [2.24, 2.45) is 7.05 Å². The molecule has 0 aliphatic carbocycles. The van der Waals surface area contributed by atoms with Crippen LogP contribution in [0.3, 0.4) is 0 Å². The number of aromatic nitrogens is 4. The van der Waals surface area contributed by atoms with Crippen molar-refractivity contribution >= 4 is 11.5 Å². The first-order valence-electron chi connectivity index (χ1n) is 9.68. The lowest BCUT2D eigenvalue weighted by Crippen LogP contribution is -2.45. The van der Waals surface area contributed by atoms with E-state index in [4.69, 9.17) is 0 Å². The summed E-state index contributed by atoms with van der Waals surface area (Å²) in [6.07, 6.45) is -2.57. The zero-order valence-electron chi connectivity index (χ0n) is 17.3. The number of benzene rings is 1. The van der Waals surface area contributed by atoms with Crippen molar-refractivity contribution in [1.82, 2.24) is 19.5 Å². The van der Waals surface area contributed by atoms with E-state index < -0.39 is 28.9 Å². The minimum Gasteiger partial charge on any atom is -0.374 e. The van der Waals surface area contributed by atoms with Gasteiger partial charge in [0.1, 0.15) is 11.6 Å². The Labute approximate surface area is 181 Å². The summed E-state index contributed by atoms with van der Waals surface area (Å²) in [6.45, 7) is 1.61. The summed E-state index contributed by atoms with van der Waals surface area (Å²) in [5.74, 6) is 0.0433. The Kier molecular flexibility index (Phi) is 6.44. The molecule has 12 heteroatoms. The Bertz CT molecular complexity index is 1100. The molecule has 0 amide bonds. The Hall–Kier alpha value is -3.54. The van der Waals surface area contributed by atoms with Gasteiger partial charge in [-0.15, -0.1) is 0 Å². The highest BCUT2D eigenvalue weighted by atomic mass is 19.4. The summed E-state index contributed by atoms with van der Waals surface area (Å²) in [5, 5.41) is 24.1. The van der Waals surface area contributed by atoms with E-state index in [1.807, 2.05) is 6.92 Å². The van der Waals surface area contributed by atoms with Gasteiger partial charge in [0.25, 0.3) is 5.69 Å². The van der Waals surface area contributed by atoms with Gasteiger partial charge in [0.05, 0.1) is 4.92 Å². The van der Waals surface area contributed by atoms with Gasteiger partial charge in [0, 0.05) is 61.9 Å². The maximum atomic E-state index is 13.7. The minimum atomic E-state index is -4.93. The number of aliphatic hydroxyl groups is 1. The molecule has 32 heavy (non-hydrogen) atoms. The largest absolute Gasteiger partial charge is 0.424 e. The van der Waals surface area contributed by atoms with Crippen LogP contribution in [-0.2, 0) is 19.1 Å². The molecule has 0 aliphatic heterocycles. The van der Waals surface area contributed by atoms with Crippen LogP contribution in [-0.4, -0.2) is 42.3 Å². The maximum absolute atomic E-state index is 13.7. The zero-order chi connectivity index (χ0) is 23.5. The molecule has 2 aromatic heterocycles. The molecule has 0 aliphatic rings. The number of nitro groups is 1. The smallest absolute Gasteiger partial charge is 0.374 e. The first kappa shape index (κ1) is 23.1. The van der Waals surface area contributed by atoms with Crippen molar-refractivity contribution in [1.29, 1.82) is 0 Å². The third-order valence-electron chi connectivity index (χ3n) is 4.93. The number of hydrogen-bond acceptors (Lipinski definition) is 7. The quantitative estimate of drug-likeness (QED) is 0.398. The monoisotopic (exact) mass is 450 g/mol. The number of non-ortho nitro benzene ring substituents is 1. The van der Waals surface area contributed by atoms with E-state index in [0.717, 1.165) is 4.57 Å². The van der Waals surface area contributed by atoms with Crippen LogP contribution in [0.15, 0.2) is 42.7 Å². The average Bonchev–Trinajstić information content (AvgIpc) is 3.19. The highest BCUT2D eigenvalue weighted by Gasteiger charge is 2.57. The van der Waals surface area contributed by atoms with Crippen molar-refractivity contribution in [3.8, 4) is 11.4 Å². The lowest BCUT2D eigenvalue weighted by atomic mass is 9.97. The lowest BCUT2D eigenvalue weighted by Gasteiger charge is -2.30. The molecule has 1 unspecified atom stereocenters. The van der Waals surface area contributed by atoms with Gasteiger partial charge < -0.3 is 15.0 Å². The molecule has 2 N–H and O–H groups in total. The van der Waals surface area contributed by atoms with E-state index in [1.54, 1.807) is 6.07 Å². The van der Waals surface area contributed by atoms with Gasteiger partial charge in [-0.25, -0.2) is 15.0 Å². The molecule has 2 heterocycles. The molecule has 0 saturated heterocycles. The van der Waals surface area contributed by atoms with Gasteiger partial charge in [0.2, 0.25) is 5.60 Å². The molecule has 3 rings (SSSR count). The van der Waals surface area contributed by atoms with E-state index in [-0.39, 0.29) is 23.9 Å². The molecule has 0 radical (unpaired) electrons. The van der Waals surface area contributed by atoms with Gasteiger partial charge in [-0.1, -0.05) is 6.92 Å². The number of hydrogen-bond donors (Lipinski definition) is 2. The van der Waals surface area contributed by atoms with Gasteiger partial charge in [-0.2, -0.15) is 13.2 Å². The third-order valence-corrected chi connectivity index (χ3v) is 4.93. The van der Waals surface area contributed by atoms with Crippen LogP contribution in [0.1, 0.15) is 24.9 Å². The summed E-state index contributed by atoms with van der Waals surface area (Å²) < 4.78 is 42.1. The van der Waals surface area contributed by atoms with Crippen LogP contribution in [0, 0.1) is 10.1 Å². The van der Waals surface area contributed by atoms with E-state index in [9.17, 15) is 28.4 Å². The molecule has 0 fully saturated rings. The van der Waals surface area contributed by atoms with Crippen molar-refractivity contribution in [2.45, 2.75) is 31.5 Å². The van der Waals surface area contributed by atoms with Crippen LogP contribution in [0.4, 0.5) is 24.7 Å². The molecular weight excluding hydrogens is 429 g/mol. The highest BCUT2D eigenvalue weighted by molar-refractivity contribution is 5.59. The van der Waals surface area contributed by atoms with Crippen molar-refractivity contribution in [3.63, 3.8) is 0 Å². The fourth-order valence-electron chi connectivity index (χ4n) is 3.15. The molecule has 0 spiro atoms. The van der Waals surface area contributed by atoms with Crippen LogP contribution < -0.4 is 5.32 Å². The summed E-state index contributed by atoms with van der Waals surface area (Å²) in [6, 6.07) is 7.24. The molecule has 0 bridgehead atoms. The van der Waals surface area contributed by atoms with Gasteiger partial charge >= 0.3 is 6.18 Å². The number of alkyl halides is 3. The fourth-order valence-corrected chi connectivity index (χ4v) is 3.15. The molecule has 3 aromatic rings. The van der Waals surface area contributed by atoms with E-state index in [0.29, 0.717) is 17.7 Å². The molecule has 1 atom stereocenters. The van der Waals surface area contributed by atoms with E-state index in [2.05, 4.69) is 20.3 Å². The van der Waals surface area contributed by atoms with Gasteiger partial charge in [-0.05, 0) is 18.6 Å². The second-order valence-corrected chi connectivity index (χ2v) is 7.12. The predicted molar refractivity (Wildman–Crippen MR) is 110 cm³/mol. The second-order valence-electron chi connectivity index (χ2n) is 7.12. The summed E-state index contributed by atoms with van der Waals surface area (Å²) in [7, 11) is 1.38. The van der Waals surface area contributed by atoms with Gasteiger partial charge in [-0.3, -0.25) is 10.1 Å². The van der Waals surface area contributed by atoms with Crippen LogP contribution in [0.2, 0.25) is 0 Å². The van der Waals surface area contributed by atoms with Crippen molar-refractivity contribution in [3.05, 3.63) is 64.4 Å². The van der Waals surface area contributed by atoms with Crippen molar-refractivity contribution < 1.29 is 23.2 Å². The Morgan fingerprint density at radius 3 is 2.44 bits per heavy atom. The second kappa shape index (κ2) is 8.91. The van der Waals surface area contributed by atoms with E-state index in [1.165, 1.54) is 43.7 Å². The summed E-state index contributed by atoms with van der Waals surface area (Å²) in [4.78, 5) is 22.7. The standard InChI is InChI=1S/C20H21F3N6O3/c1-3-14-12-16(27-17(26-14)13-4-6-15(7-5-13)29(31)32)24-9-8-19(30,20(21,22)23)18-25-10-11-28(18)2/h4-7,10-12,30H,3,8-9H2,1-2H3,(H,24,26,27). The maximum Gasteiger partial charge on any atom is 0.424 e. The SMILES string of the molecule is CCc1cc(NCCC(O)(c2nccn2C)C(F)(F)F)nc(-c2ccc([N+](=O)[O-])cc2)n1. The number of imidazole rings is 1. The number of anilines is 1. The molecular formula is C20H21F3N6O3. The minimum absolute atomic E-state index is 0.0838. The zero-order valence-corrected chi connectivity index (χ0v) is 17.3. The number of halogens is 3. The van der Waals surface area contributed by atoms with Gasteiger partial charge in [0.15, 0.2) is 5.82 Å². The number of aryl methyl sites for hydroxylation is 2. The summed E-state index contributed by atoms with van der Waals surface area (Å²) >= 11 is 0. The fraction of sp³-hybridized carbons (Fsp3) is 0.350. The van der Waals surface area contributed by atoms with Crippen LogP contribution in [0.25, 0.3) is 11.4 Å². The van der Waals surface area contributed by atoms with Crippen molar-refractivity contribution in [2.75, 3.05) is 11.9 Å². The highest BCUT2D eigenvalue weighted by Crippen LogP contribution is 2.40. The van der Waals surface area contributed by atoms with Crippen LogP contribution >= 0.6 is 0 Å². The predicted octanol–water partition coefficient (Wildman–Crippen LogP) is 3.60. The summed E-state index contributed by atoms with van der Waals surface area (Å²) in [5.41, 5.74) is -2.07. The first-order valence-corrected chi connectivity index (χ1v) is 9.68. The normalized spacial score (nSPS) is 13.6. The Morgan fingerprint density at radius 2 is 1.91 bits per heavy atom. The number of nitrogens with zero attached hydrogens (tertiary/aromatic N) is 5. The molecule has 0 saturated carbocycles. The number of rotatable bonds is 8. The number of nitro benzene ring substituents is 1. The molecule has 9 nitrogen and oxygen atoms in total. The van der Waals surface area contributed by atoms with E-state index >= 15 is 0 Å². The topological polar surface area (TPSA) is 119 Å². The Balaban J connectivity index is 1.82. The first-order chi connectivity index (χ1) is 15.0.